The fourth-order valence-electron chi connectivity index (χ4n) is 5.90. The third kappa shape index (κ3) is 2.52. The Bertz CT molecular complexity index is 1800. The maximum Gasteiger partial charge on any atom is 0.0391 e. The molecule has 0 atom stereocenters. The zero-order chi connectivity index (χ0) is 22.4. The van der Waals surface area contributed by atoms with Gasteiger partial charge in [-0.3, -0.25) is 0 Å². The largest absolute Gasteiger partial charge is 0.135 e. The minimum Gasteiger partial charge on any atom is -0.135 e. The van der Waals surface area contributed by atoms with Gasteiger partial charge in [-0.05, 0) is 101 Å². The average molecular weight is 441 g/mol. The van der Waals surface area contributed by atoms with Crippen LogP contribution in [0, 0.1) is 27.7 Å². The number of benzene rings is 5. The number of thiophene rings is 1. The first-order valence-corrected chi connectivity index (χ1v) is 12.4. The molecule has 0 unspecified atom stereocenters. The van der Waals surface area contributed by atoms with Crippen molar-refractivity contribution in [3.63, 3.8) is 0 Å². The summed E-state index contributed by atoms with van der Waals surface area (Å²) in [6.45, 7) is 8.94. The predicted molar refractivity (Wildman–Crippen MR) is 146 cm³/mol. The van der Waals surface area contributed by atoms with Crippen LogP contribution in [0.1, 0.15) is 22.3 Å². The van der Waals surface area contributed by atoms with E-state index in [1.807, 2.05) is 11.3 Å². The van der Waals surface area contributed by atoms with E-state index in [2.05, 4.69) is 100 Å². The molecule has 0 amide bonds. The van der Waals surface area contributed by atoms with Crippen molar-refractivity contribution in [2.45, 2.75) is 27.7 Å². The van der Waals surface area contributed by atoms with Gasteiger partial charge < -0.3 is 0 Å². The predicted octanol–water partition coefficient (Wildman–Crippen LogP) is 9.76. The summed E-state index contributed by atoms with van der Waals surface area (Å²) in [6, 6.07) is 27.5. The van der Waals surface area contributed by atoms with Crippen molar-refractivity contribution >= 4 is 42.3 Å². The monoisotopic (exact) mass is 440 g/mol. The first-order valence-electron chi connectivity index (χ1n) is 11.6. The topological polar surface area (TPSA) is 0 Å². The van der Waals surface area contributed by atoms with E-state index in [-0.39, 0.29) is 0 Å². The number of fused-ring (bicyclic) bond motifs is 7. The lowest BCUT2D eigenvalue weighted by molar-refractivity contribution is 1.46. The van der Waals surface area contributed by atoms with Gasteiger partial charge >= 0.3 is 0 Å². The molecule has 1 heterocycles. The number of hydrogen-bond donors (Lipinski definition) is 0. The quantitative estimate of drug-likeness (QED) is 0.238. The lowest BCUT2D eigenvalue weighted by Gasteiger charge is -2.14. The van der Waals surface area contributed by atoms with E-state index in [1.165, 1.54) is 86.6 Å². The van der Waals surface area contributed by atoms with Crippen LogP contribution in [-0.2, 0) is 0 Å². The van der Waals surface area contributed by atoms with E-state index >= 15 is 0 Å². The number of rotatable bonds is 1. The molecule has 158 valence electrons. The molecule has 5 aromatic carbocycles. The van der Waals surface area contributed by atoms with Crippen molar-refractivity contribution in [3.8, 4) is 33.4 Å². The highest BCUT2D eigenvalue weighted by Crippen LogP contribution is 2.56. The minimum absolute atomic E-state index is 1.30. The van der Waals surface area contributed by atoms with Gasteiger partial charge in [-0.2, -0.15) is 0 Å². The zero-order valence-electron chi connectivity index (χ0n) is 19.3. The first-order chi connectivity index (χ1) is 16.0. The van der Waals surface area contributed by atoms with E-state index in [4.69, 9.17) is 0 Å². The number of aryl methyl sites for hydroxylation is 4. The van der Waals surface area contributed by atoms with E-state index < -0.39 is 0 Å². The van der Waals surface area contributed by atoms with Gasteiger partial charge in [0.2, 0.25) is 0 Å². The molecule has 1 aromatic heterocycles. The van der Waals surface area contributed by atoms with Gasteiger partial charge in [0.25, 0.3) is 0 Å². The molecule has 0 saturated heterocycles. The lowest BCUT2D eigenvalue weighted by Crippen LogP contribution is -1.88. The Morgan fingerprint density at radius 3 is 2.18 bits per heavy atom. The Kier molecular flexibility index (Phi) is 3.79. The van der Waals surface area contributed by atoms with Crippen molar-refractivity contribution in [2.75, 3.05) is 0 Å². The highest BCUT2D eigenvalue weighted by atomic mass is 32.1. The molecule has 6 aromatic rings. The minimum atomic E-state index is 1.30. The summed E-state index contributed by atoms with van der Waals surface area (Å²) in [6.07, 6.45) is 0. The lowest BCUT2D eigenvalue weighted by atomic mass is 9.89. The summed E-state index contributed by atoms with van der Waals surface area (Å²) in [4.78, 5) is 0. The molecule has 1 aliphatic carbocycles. The second-order valence-electron chi connectivity index (χ2n) is 9.64. The molecule has 33 heavy (non-hydrogen) atoms. The Morgan fingerprint density at radius 1 is 0.545 bits per heavy atom. The molecule has 0 N–H and O–H groups in total. The second-order valence-corrected chi connectivity index (χ2v) is 10.7. The van der Waals surface area contributed by atoms with Crippen LogP contribution in [0.5, 0.6) is 0 Å². The summed E-state index contributed by atoms with van der Waals surface area (Å²) >= 11 is 1.94. The van der Waals surface area contributed by atoms with Gasteiger partial charge in [-0.15, -0.1) is 11.3 Å². The first kappa shape index (κ1) is 19.1. The van der Waals surface area contributed by atoms with Crippen LogP contribution in [0.15, 0.2) is 72.8 Å². The van der Waals surface area contributed by atoms with Gasteiger partial charge in [0, 0.05) is 20.2 Å². The summed E-state index contributed by atoms with van der Waals surface area (Å²) in [5, 5.41) is 5.61. The highest BCUT2D eigenvalue weighted by molar-refractivity contribution is 7.26. The normalized spacial score (nSPS) is 12.2. The molecule has 0 bridgehead atoms. The van der Waals surface area contributed by atoms with Crippen LogP contribution >= 0.6 is 11.3 Å². The fourth-order valence-corrected chi connectivity index (χ4v) is 7.18. The molecule has 0 aliphatic heterocycles. The van der Waals surface area contributed by atoms with Crippen molar-refractivity contribution in [1.82, 2.24) is 0 Å². The third-order valence-corrected chi connectivity index (χ3v) is 8.60. The number of hydrogen-bond acceptors (Lipinski definition) is 1. The summed E-state index contributed by atoms with van der Waals surface area (Å²) < 4.78 is 2.82. The maximum atomic E-state index is 2.43. The van der Waals surface area contributed by atoms with Crippen LogP contribution in [0.2, 0.25) is 0 Å². The molecule has 0 nitrogen and oxygen atoms in total. The summed E-state index contributed by atoms with van der Waals surface area (Å²) in [7, 11) is 0. The van der Waals surface area contributed by atoms with Crippen LogP contribution in [0.3, 0.4) is 0 Å². The highest BCUT2D eigenvalue weighted by Gasteiger charge is 2.28. The van der Waals surface area contributed by atoms with Gasteiger partial charge in [-0.1, -0.05) is 66.2 Å². The average Bonchev–Trinajstić information content (AvgIpc) is 3.33. The van der Waals surface area contributed by atoms with Crippen molar-refractivity contribution in [3.05, 3.63) is 95.1 Å². The smallest absolute Gasteiger partial charge is 0.0391 e. The second kappa shape index (κ2) is 6.56. The van der Waals surface area contributed by atoms with Crippen molar-refractivity contribution in [1.29, 1.82) is 0 Å². The van der Waals surface area contributed by atoms with Crippen LogP contribution in [0.25, 0.3) is 64.3 Å². The molecule has 1 aliphatic rings. The van der Waals surface area contributed by atoms with E-state index in [0.29, 0.717) is 0 Å². The Hall–Kier alpha value is -3.42. The zero-order valence-corrected chi connectivity index (χ0v) is 20.2. The third-order valence-electron chi connectivity index (χ3n) is 7.31. The van der Waals surface area contributed by atoms with Crippen molar-refractivity contribution < 1.29 is 0 Å². The molecule has 0 saturated carbocycles. The van der Waals surface area contributed by atoms with Crippen LogP contribution < -0.4 is 0 Å². The molecule has 1 heteroatoms. The van der Waals surface area contributed by atoms with Gasteiger partial charge in [-0.25, -0.2) is 0 Å². The molecule has 0 radical (unpaired) electrons. The van der Waals surface area contributed by atoms with E-state index in [0.717, 1.165) is 0 Å². The molecular formula is C32H24S. The van der Waals surface area contributed by atoms with Gasteiger partial charge in [0.15, 0.2) is 0 Å². The van der Waals surface area contributed by atoms with Crippen LogP contribution in [0.4, 0.5) is 0 Å². The summed E-state index contributed by atoms with van der Waals surface area (Å²) in [5.74, 6) is 0. The van der Waals surface area contributed by atoms with Crippen LogP contribution in [-0.4, -0.2) is 0 Å². The molecule has 7 rings (SSSR count). The molecule has 0 spiro atoms. The van der Waals surface area contributed by atoms with E-state index in [9.17, 15) is 0 Å². The van der Waals surface area contributed by atoms with Gasteiger partial charge in [0.05, 0.1) is 0 Å². The van der Waals surface area contributed by atoms with E-state index in [1.54, 1.807) is 0 Å². The molecule has 0 fully saturated rings. The standard InChI is InChI=1S/C32H24S/c1-17-7-5-8-21(13-17)25-15-19(3)28-29-22(25)9-6-10-23(29)26-16-20(4)32-31(30(26)28)24-12-11-18(2)14-27(24)33-32/h5-16H,1-4H3. The Balaban J connectivity index is 1.66. The SMILES string of the molecule is Cc1cccc(-c2cc(C)c3c4c(cccc24)-c2cc(C)c4sc5cc(C)ccc5c4c2-3)c1. The molecular weight excluding hydrogens is 416 g/mol. The fraction of sp³-hybridized carbons (Fsp3) is 0.125. The Morgan fingerprint density at radius 2 is 1.33 bits per heavy atom. The Labute approximate surface area is 198 Å². The van der Waals surface area contributed by atoms with Gasteiger partial charge in [0.1, 0.15) is 0 Å². The summed E-state index contributed by atoms with van der Waals surface area (Å²) in [5.41, 5.74) is 13.6. The maximum absolute atomic E-state index is 2.43. The van der Waals surface area contributed by atoms with Crippen molar-refractivity contribution in [2.24, 2.45) is 0 Å².